The third kappa shape index (κ3) is 3.00. The number of ether oxygens (including phenoxy) is 2. The van der Waals surface area contributed by atoms with Crippen LogP contribution in [0.5, 0.6) is 17.2 Å². The smallest absolute Gasteiger partial charge is 0.311 e. The van der Waals surface area contributed by atoms with Crippen LogP contribution in [0.3, 0.4) is 0 Å². The number of Topliss-reactive ketones (excluding diaryl/α,β-unsaturated/α-hetero) is 1. The fourth-order valence-corrected chi connectivity index (χ4v) is 1.93. The molecule has 0 saturated carbocycles. The van der Waals surface area contributed by atoms with Gasteiger partial charge in [-0.2, -0.15) is 0 Å². The summed E-state index contributed by atoms with van der Waals surface area (Å²) in [4.78, 5) is 22.2. The highest BCUT2D eigenvalue weighted by molar-refractivity contribution is 5.99. The van der Waals surface area contributed by atoms with Crippen molar-refractivity contribution in [2.45, 2.75) is 6.92 Å². The zero-order valence-electron chi connectivity index (χ0n) is 11.5. The Bertz CT molecular complexity index is 696. The van der Waals surface area contributed by atoms with Crippen LogP contribution in [0.1, 0.15) is 17.3 Å². The van der Waals surface area contributed by atoms with E-state index in [9.17, 15) is 14.9 Å². The highest BCUT2D eigenvalue weighted by Crippen LogP contribution is 2.36. The predicted molar refractivity (Wildman–Crippen MR) is 76.2 cm³/mol. The van der Waals surface area contributed by atoms with Crippen molar-refractivity contribution in [3.8, 4) is 17.2 Å². The van der Waals surface area contributed by atoms with E-state index in [2.05, 4.69) is 0 Å². The number of nitrogens with zero attached hydrogens (tertiary/aromatic N) is 1. The van der Waals surface area contributed by atoms with Crippen molar-refractivity contribution in [1.29, 1.82) is 0 Å². The van der Waals surface area contributed by atoms with Crippen LogP contribution in [0.25, 0.3) is 0 Å². The maximum atomic E-state index is 11.8. The highest BCUT2D eigenvalue weighted by atomic mass is 16.6. The number of benzene rings is 2. The van der Waals surface area contributed by atoms with Gasteiger partial charge in [-0.3, -0.25) is 14.9 Å². The van der Waals surface area contributed by atoms with Crippen molar-refractivity contribution in [3.63, 3.8) is 0 Å². The van der Waals surface area contributed by atoms with Gasteiger partial charge in [0.1, 0.15) is 17.1 Å². The molecule has 2 aromatic carbocycles. The summed E-state index contributed by atoms with van der Waals surface area (Å²) >= 11 is 0. The Morgan fingerprint density at radius 1 is 1.05 bits per heavy atom. The SMILES string of the molecule is COc1cccc(Oc2ccccc2[N+](=O)[O-])c1C(C)=O. The third-order valence-corrected chi connectivity index (χ3v) is 2.84. The Morgan fingerprint density at radius 2 is 1.67 bits per heavy atom. The number of nitro benzene ring substituents is 1. The van der Waals surface area contributed by atoms with Crippen LogP contribution in [0.2, 0.25) is 0 Å². The molecule has 0 fully saturated rings. The van der Waals surface area contributed by atoms with Gasteiger partial charge in [0.15, 0.2) is 5.78 Å². The highest BCUT2D eigenvalue weighted by Gasteiger charge is 2.19. The second-order valence-corrected chi connectivity index (χ2v) is 4.22. The summed E-state index contributed by atoms with van der Waals surface area (Å²) in [6.07, 6.45) is 0. The van der Waals surface area contributed by atoms with Crippen LogP contribution in [-0.4, -0.2) is 17.8 Å². The van der Waals surface area contributed by atoms with Gasteiger partial charge in [-0.1, -0.05) is 18.2 Å². The summed E-state index contributed by atoms with van der Waals surface area (Å²) in [5.41, 5.74) is 0.0768. The predicted octanol–water partition coefficient (Wildman–Crippen LogP) is 3.60. The molecule has 2 aromatic rings. The molecule has 0 saturated heterocycles. The lowest BCUT2D eigenvalue weighted by Crippen LogP contribution is -2.02. The van der Waals surface area contributed by atoms with Gasteiger partial charge in [-0.15, -0.1) is 0 Å². The van der Waals surface area contributed by atoms with E-state index in [-0.39, 0.29) is 28.5 Å². The molecular weight excluding hydrogens is 274 g/mol. The van der Waals surface area contributed by atoms with Gasteiger partial charge in [0.25, 0.3) is 0 Å². The Hall–Kier alpha value is -2.89. The summed E-state index contributed by atoms with van der Waals surface area (Å²) in [7, 11) is 1.44. The number of nitro groups is 1. The number of carbonyl (C=O) groups excluding carboxylic acids is 1. The molecule has 0 bridgehead atoms. The minimum Gasteiger partial charge on any atom is -0.496 e. The van der Waals surface area contributed by atoms with Crippen LogP contribution in [-0.2, 0) is 0 Å². The van der Waals surface area contributed by atoms with Crippen LogP contribution >= 0.6 is 0 Å². The average molecular weight is 287 g/mol. The summed E-state index contributed by atoms with van der Waals surface area (Å²) in [5.74, 6) is 0.397. The monoisotopic (exact) mass is 287 g/mol. The van der Waals surface area contributed by atoms with Gasteiger partial charge in [-0.05, 0) is 25.1 Å². The van der Waals surface area contributed by atoms with Crippen LogP contribution < -0.4 is 9.47 Å². The first kappa shape index (κ1) is 14.5. The van der Waals surface area contributed by atoms with E-state index >= 15 is 0 Å². The lowest BCUT2D eigenvalue weighted by atomic mass is 10.1. The van der Waals surface area contributed by atoms with Crippen molar-refractivity contribution in [1.82, 2.24) is 0 Å². The molecule has 0 heterocycles. The van der Waals surface area contributed by atoms with E-state index in [1.807, 2.05) is 0 Å². The first-order valence-electron chi connectivity index (χ1n) is 6.13. The molecule has 6 nitrogen and oxygen atoms in total. The molecule has 0 aliphatic carbocycles. The van der Waals surface area contributed by atoms with E-state index in [1.54, 1.807) is 30.3 Å². The van der Waals surface area contributed by atoms with Crippen molar-refractivity contribution >= 4 is 11.5 Å². The Balaban J connectivity index is 2.50. The number of carbonyl (C=O) groups is 1. The summed E-state index contributed by atoms with van der Waals surface area (Å²) < 4.78 is 10.7. The van der Waals surface area contributed by atoms with Crippen molar-refractivity contribution in [2.75, 3.05) is 7.11 Å². The lowest BCUT2D eigenvalue weighted by molar-refractivity contribution is -0.385. The zero-order chi connectivity index (χ0) is 15.4. The number of hydrogen-bond acceptors (Lipinski definition) is 5. The number of rotatable bonds is 5. The second-order valence-electron chi connectivity index (χ2n) is 4.22. The van der Waals surface area contributed by atoms with Crippen LogP contribution in [0.4, 0.5) is 5.69 Å². The second kappa shape index (κ2) is 6.04. The van der Waals surface area contributed by atoms with E-state index < -0.39 is 4.92 Å². The summed E-state index contributed by atoms with van der Waals surface area (Å²) in [6, 6.07) is 10.8. The normalized spacial score (nSPS) is 10.0. The van der Waals surface area contributed by atoms with Gasteiger partial charge in [-0.25, -0.2) is 0 Å². The molecular formula is C15H13NO5. The minimum absolute atomic E-state index is 0.0678. The molecule has 6 heteroatoms. The Labute approximate surface area is 121 Å². The molecule has 2 rings (SSSR count). The van der Waals surface area contributed by atoms with E-state index in [1.165, 1.54) is 26.2 Å². The molecule has 0 spiro atoms. The summed E-state index contributed by atoms with van der Waals surface area (Å²) in [5, 5.41) is 11.0. The molecule has 108 valence electrons. The fraction of sp³-hybridized carbons (Fsp3) is 0.133. The van der Waals surface area contributed by atoms with Gasteiger partial charge in [0.2, 0.25) is 5.75 Å². The van der Waals surface area contributed by atoms with Crippen LogP contribution in [0.15, 0.2) is 42.5 Å². The quantitative estimate of drug-likeness (QED) is 0.477. The van der Waals surface area contributed by atoms with Crippen LogP contribution in [0, 0.1) is 10.1 Å². The maximum Gasteiger partial charge on any atom is 0.311 e. The topological polar surface area (TPSA) is 78.7 Å². The molecule has 0 aromatic heterocycles. The lowest BCUT2D eigenvalue weighted by Gasteiger charge is -2.12. The van der Waals surface area contributed by atoms with Gasteiger partial charge in [0, 0.05) is 6.07 Å². The average Bonchev–Trinajstić information content (AvgIpc) is 2.47. The Kier molecular flexibility index (Phi) is 4.18. The van der Waals surface area contributed by atoms with Gasteiger partial charge < -0.3 is 9.47 Å². The summed E-state index contributed by atoms with van der Waals surface area (Å²) in [6.45, 7) is 1.38. The van der Waals surface area contributed by atoms with E-state index in [0.717, 1.165) is 0 Å². The minimum atomic E-state index is -0.539. The molecule has 0 N–H and O–H groups in total. The largest absolute Gasteiger partial charge is 0.496 e. The number of hydrogen-bond donors (Lipinski definition) is 0. The molecule has 0 unspecified atom stereocenters. The number of methoxy groups -OCH3 is 1. The molecule has 0 amide bonds. The fourth-order valence-electron chi connectivity index (χ4n) is 1.93. The van der Waals surface area contributed by atoms with Gasteiger partial charge >= 0.3 is 5.69 Å². The zero-order valence-corrected chi connectivity index (χ0v) is 11.5. The standard InChI is InChI=1S/C15H13NO5/c1-10(17)15-13(20-2)8-5-9-14(15)21-12-7-4-3-6-11(12)16(18)19/h3-9H,1-2H3. The Morgan fingerprint density at radius 3 is 2.29 bits per heavy atom. The van der Waals surface area contributed by atoms with E-state index in [0.29, 0.717) is 5.75 Å². The van der Waals surface area contributed by atoms with Crippen molar-refractivity contribution in [3.05, 3.63) is 58.1 Å². The van der Waals surface area contributed by atoms with E-state index in [4.69, 9.17) is 9.47 Å². The maximum absolute atomic E-state index is 11.8. The van der Waals surface area contributed by atoms with Gasteiger partial charge in [0.05, 0.1) is 12.0 Å². The molecule has 0 atom stereocenters. The number of para-hydroxylation sites is 2. The van der Waals surface area contributed by atoms with Crippen molar-refractivity contribution < 1.29 is 19.2 Å². The molecule has 21 heavy (non-hydrogen) atoms. The first-order chi connectivity index (χ1) is 10.0. The van der Waals surface area contributed by atoms with Crippen molar-refractivity contribution in [2.24, 2.45) is 0 Å². The molecule has 0 radical (unpaired) electrons. The molecule has 0 aliphatic rings. The third-order valence-electron chi connectivity index (χ3n) is 2.84. The number of ketones is 1. The first-order valence-corrected chi connectivity index (χ1v) is 6.13. The molecule has 0 aliphatic heterocycles.